The number of rotatable bonds is 4. The van der Waals surface area contributed by atoms with Gasteiger partial charge in [-0.05, 0) is 58.1 Å². The van der Waals surface area contributed by atoms with Crippen molar-refractivity contribution in [3.63, 3.8) is 0 Å². The Morgan fingerprint density at radius 1 is 0.818 bits per heavy atom. The van der Waals surface area contributed by atoms with Gasteiger partial charge in [-0.25, -0.2) is 0 Å². The molecule has 0 saturated heterocycles. The monoisotopic (exact) mass is 290 g/mol. The summed E-state index contributed by atoms with van der Waals surface area (Å²) in [5.74, 6) is -0.841. The Morgan fingerprint density at radius 2 is 1.41 bits per heavy atom. The predicted molar refractivity (Wildman–Crippen MR) is 84.2 cm³/mol. The molecule has 1 aromatic carbocycles. The minimum absolute atomic E-state index is 0.00567. The van der Waals surface area contributed by atoms with Crippen LogP contribution >= 0.6 is 0 Å². The molecule has 3 rings (SSSR count). The molecule has 22 heavy (non-hydrogen) atoms. The van der Waals surface area contributed by atoms with E-state index in [9.17, 15) is 4.79 Å². The van der Waals surface area contributed by atoms with Gasteiger partial charge in [0.05, 0.1) is 6.42 Å². The van der Waals surface area contributed by atoms with Crippen LogP contribution in [0.5, 0.6) is 0 Å². The van der Waals surface area contributed by atoms with Gasteiger partial charge in [-0.3, -0.25) is 14.8 Å². The number of carboxylic acids is 1. The summed E-state index contributed by atoms with van der Waals surface area (Å²) in [6, 6.07) is 13.5. The van der Waals surface area contributed by atoms with Gasteiger partial charge in [0.2, 0.25) is 0 Å². The van der Waals surface area contributed by atoms with Gasteiger partial charge in [0, 0.05) is 24.8 Å². The van der Waals surface area contributed by atoms with Gasteiger partial charge in [-0.2, -0.15) is 0 Å². The lowest BCUT2D eigenvalue weighted by atomic mass is 9.94. The smallest absolute Gasteiger partial charge is 0.307 e. The highest BCUT2D eigenvalue weighted by Gasteiger charge is 2.10. The molecule has 0 unspecified atom stereocenters. The van der Waals surface area contributed by atoms with Crippen molar-refractivity contribution in [2.45, 2.75) is 6.42 Å². The third-order valence-corrected chi connectivity index (χ3v) is 3.46. The lowest BCUT2D eigenvalue weighted by molar-refractivity contribution is -0.136. The third-order valence-electron chi connectivity index (χ3n) is 3.46. The maximum Gasteiger partial charge on any atom is 0.307 e. The maximum atomic E-state index is 11.1. The van der Waals surface area contributed by atoms with Crippen LogP contribution in [-0.2, 0) is 11.2 Å². The number of aliphatic carboxylic acids is 1. The lowest BCUT2D eigenvalue weighted by Crippen LogP contribution is -2.02. The van der Waals surface area contributed by atoms with Gasteiger partial charge in [0.15, 0.2) is 0 Å². The average molecular weight is 290 g/mol. The molecule has 0 atom stereocenters. The van der Waals surface area contributed by atoms with Crippen molar-refractivity contribution >= 4 is 5.97 Å². The average Bonchev–Trinajstić information content (AvgIpc) is 2.56. The number of hydrogen-bond acceptors (Lipinski definition) is 3. The molecule has 108 valence electrons. The number of pyridine rings is 2. The van der Waals surface area contributed by atoms with Crippen LogP contribution in [-0.4, -0.2) is 21.0 Å². The van der Waals surface area contributed by atoms with Crippen molar-refractivity contribution in [3.05, 3.63) is 72.8 Å². The molecule has 4 heteroatoms. The number of carboxylic acid groups (broad SMARTS) is 1. The highest BCUT2D eigenvalue weighted by atomic mass is 16.4. The molecule has 0 spiro atoms. The Balaban J connectivity index is 2.12. The van der Waals surface area contributed by atoms with Gasteiger partial charge in [-0.1, -0.05) is 12.1 Å². The Hall–Kier alpha value is -3.01. The van der Waals surface area contributed by atoms with Crippen molar-refractivity contribution in [2.24, 2.45) is 0 Å². The molecule has 3 aromatic rings. The summed E-state index contributed by atoms with van der Waals surface area (Å²) in [4.78, 5) is 19.1. The Bertz CT molecular complexity index is 787. The van der Waals surface area contributed by atoms with Gasteiger partial charge in [-0.15, -0.1) is 0 Å². The quantitative estimate of drug-likeness (QED) is 0.799. The van der Waals surface area contributed by atoms with E-state index in [0.29, 0.717) is 0 Å². The van der Waals surface area contributed by atoms with Crippen LogP contribution in [0.3, 0.4) is 0 Å². The minimum Gasteiger partial charge on any atom is -0.481 e. The molecule has 0 aliphatic heterocycles. The molecule has 0 amide bonds. The van der Waals surface area contributed by atoms with Crippen LogP contribution in [0, 0.1) is 0 Å². The second kappa shape index (κ2) is 6.18. The molecule has 0 saturated carbocycles. The van der Waals surface area contributed by atoms with Crippen molar-refractivity contribution in [3.8, 4) is 22.3 Å². The van der Waals surface area contributed by atoms with E-state index in [4.69, 9.17) is 5.11 Å². The van der Waals surface area contributed by atoms with Gasteiger partial charge < -0.3 is 5.11 Å². The first-order valence-electron chi connectivity index (χ1n) is 6.89. The Labute approximate surface area is 128 Å². The fourth-order valence-electron chi connectivity index (χ4n) is 2.42. The maximum absolute atomic E-state index is 11.1. The minimum atomic E-state index is -0.841. The number of benzene rings is 1. The van der Waals surface area contributed by atoms with E-state index < -0.39 is 5.97 Å². The van der Waals surface area contributed by atoms with Crippen LogP contribution in [0.2, 0.25) is 0 Å². The Kier molecular flexibility index (Phi) is 3.92. The van der Waals surface area contributed by atoms with Crippen LogP contribution < -0.4 is 0 Å². The normalized spacial score (nSPS) is 10.4. The van der Waals surface area contributed by atoms with Crippen molar-refractivity contribution in [1.29, 1.82) is 0 Å². The van der Waals surface area contributed by atoms with E-state index in [0.717, 1.165) is 27.8 Å². The van der Waals surface area contributed by atoms with Crippen LogP contribution in [0.4, 0.5) is 0 Å². The van der Waals surface area contributed by atoms with E-state index in [1.165, 1.54) is 0 Å². The molecule has 4 nitrogen and oxygen atoms in total. The topological polar surface area (TPSA) is 63.1 Å². The fourth-order valence-corrected chi connectivity index (χ4v) is 2.42. The van der Waals surface area contributed by atoms with Crippen LogP contribution in [0.25, 0.3) is 22.3 Å². The summed E-state index contributed by atoms with van der Waals surface area (Å²) >= 11 is 0. The molecule has 1 N–H and O–H groups in total. The molecule has 2 aromatic heterocycles. The highest BCUT2D eigenvalue weighted by Crippen LogP contribution is 2.29. The highest BCUT2D eigenvalue weighted by molar-refractivity contribution is 5.80. The number of carbonyl (C=O) groups is 1. The second-order valence-corrected chi connectivity index (χ2v) is 4.91. The molecular weight excluding hydrogens is 276 g/mol. The summed E-state index contributed by atoms with van der Waals surface area (Å²) in [6.45, 7) is 0. The summed E-state index contributed by atoms with van der Waals surface area (Å²) in [5, 5.41) is 9.10. The van der Waals surface area contributed by atoms with Gasteiger partial charge in [0.1, 0.15) is 0 Å². The molecule has 0 aliphatic rings. The zero-order valence-electron chi connectivity index (χ0n) is 11.8. The Morgan fingerprint density at radius 3 is 2.00 bits per heavy atom. The first-order valence-corrected chi connectivity index (χ1v) is 6.89. The second-order valence-electron chi connectivity index (χ2n) is 4.91. The van der Waals surface area contributed by atoms with Crippen molar-refractivity contribution in [2.75, 3.05) is 0 Å². The summed E-state index contributed by atoms with van der Waals surface area (Å²) in [5.41, 5.74) is 4.74. The van der Waals surface area contributed by atoms with Crippen LogP contribution in [0.1, 0.15) is 5.56 Å². The van der Waals surface area contributed by atoms with E-state index in [1.54, 1.807) is 24.8 Å². The van der Waals surface area contributed by atoms with Crippen molar-refractivity contribution < 1.29 is 9.90 Å². The van der Waals surface area contributed by atoms with E-state index in [1.807, 2.05) is 42.5 Å². The number of hydrogen-bond donors (Lipinski definition) is 1. The summed E-state index contributed by atoms with van der Waals surface area (Å²) < 4.78 is 0. The van der Waals surface area contributed by atoms with E-state index in [2.05, 4.69) is 9.97 Å². The molecule has 0 radical (unpaired) electrons. The largest absolute Gasteiger partial charge is 0.481 e. The fraction of sp³-hybridized carbons (Fsp3) is 0.0556. The third kappa shape index (κ3) is 3.01. The SMILES string of the molecule is O=C(O)Cc1ccc(-c2ccncc2)cc1-c1ccncc1. The van der Waals surface area contributed by atoms with Crippen LogP contribution in [0.15, 0.2) is 67.3 Å². The number of nitrogens with zero attached hydrogens (tertiary/aromatic N) is 2. The first-order chi connectivity index (χ1) is 10.7. The number of aromatic nitrogens is 2. The molecule has 2 heterocycles. The zero-order valence-corrected chi connectivity index (χ0v) is 11.8. The standard InChI is InChI=1S/C18H14N2O2/c21-18(22)12-16-2-1-15(13-3-7-19-8-4-13)11-17(16)14-5-9-20-10-6-14/h1-11H,12H2,(H,21,22). The zero-order chi connectivity index (χ0) is 15.4. The summed E-state index contributed by atoms with van der Waals surface area (Å²) in [7, 11) is 0. The molecule has 0 aliphatic carbocycles. The van der Waals surface area contributed by atoms with Crippen molar-refractivity contribution in [1.82, 2.24) is 9.97 Å². The van der Waals surface area contributed by atoms with E-state index >= 15 is 0 Å². The predicted octanol–water partition coefficient (Wildman–Crippen LogP) is 3.44. The first kappa shape index (κ1) is 13.9. The van der Waals surface area contributed by atoms with Gasteiger partial charge >= 0.3 is 5.97 Å². The lowest BCUT2D eigenvalue weighted by Gasteiger charge is -2.11. The molecule has 0 bridgehead atoms. The van der Waals surface area contributed by atoms with E-state index in [-0.39, 0.29) is 6.42 Å². The molecule has 0 fully saturated rings. The molecular formula is C18H14N2O2. The van der Waals surface area contributed by atoms with Gasteiger partial charge in [0.25, 0.3) is 0 Å². The summed E-state index contributed by atoms with van der Waals surface area (Å²) in [6.07, 6.45) is 6.89.